The molecule has 2 fully saturated rings. The molecule has 1 aromatic heterocycles. The molecule has 1 amide bonds. The number of carbonyl (C=O) groups excluding carboxylic acids is 1. The molecule has 8 nitrogen and oxygen atoms in total. The van der Waals surface area contributed by atoms with Gasteiger partial charge >= 0.3 is 0 Å². The Labute approximate surface area is 202 Å². The molecular weight excluding hydrogens is 450 g/mol. The number of amides is 1. The average molecular weight is 484 g/mol. The molecule has 34 heavy (non-hydrogen) atoms. The lowest BCUT2D eigenvalue weighted by Gasteiger charge is -2.37. The van der Waals surface area contributed by atoms with Gasteiger partial charge in [-0.15, -0.1) is 9.19 Å². The van der Waals surface area contributed by atoms with E-state index >= 15 is 0 Å². The van der Waals surface area contributed by atoms with Crippen molar-refractivity contribution in [2.24, 2.45) is 17.8 Å². The third-order valence-electron chi connectivity index (χ3n) is 7.07. The lowest BCUT2D eigenvalue weighted by Crippen LogP contribution is -2.48. The molecular formula is C25H33N5O3S. The fourth-order valence-electron chi connectivity index (χ4n) is 4.83. The number of nitrogens with zero attached hydrogens (tertiary/aromatic N) is 5. The Morgan fingerprint density at radius 3 is 2.32 bits per heavy atom. The van der Waals surface area contributed by atoms with E-state index in [-0.39, 0.29) is 10.8 Å². The van der Waals surface area contributed by atoms with E-state index in [0.717, 1.165) is 29.4 Å². The predicted molar refractivity (Wildman–Crippen MR) is 130 cm³/mol. The largest absolute Gasteiger partial charge is 0.371 e. The molecule has 1 saturated heterocycles. The second-order valence-electron chi connectivity index (χ2n) is 8.87. The van der Waals surface area contributed by atoms with Gasteiger partial charge in [-0.2, -0.15) is 8.42 Å². The first-order valence-electron chi connectivity index (χ1n) is 12.0. The van der Waals surface area contributed by atoms with Crippen molar-refractivity contribution in [2.45, 2.75) is 39.0 Å². The number of aromatic nitrogens is 3. The smallest absolute Gasteiger partial charge is 0.284 e. The van der Waals surface area contributed by atoms with Crippen molar-refractivity contribution in [3.8, 4) is 0 Å². The first kappa shape index (κ1) is 24.2. The number of allylic oxidation sites excluding steroid dienone is 4. The lowest BCUT2D eigenvalue weighted by atomic mass is 9.97. The van der Waals surface area contributed by atoms with Crippen molar-refractivity contribution in [1.29, 1.82) is 0 Å². The van der Waals surface area contributed by atoms with Crippen LogP contribution in [0.4, 0.5) is 0 Å². The van der Waals surface area contributed by atoms with E-state index in [0.29, 0.717) is 30.5 Å². The van der Waals surface area contributed by atoms with Crippen LogP contribution in [0.15, 0.2) is 65.2 Å². The van der Waals surface area contributed by atoms with Crippen LogP contribution in [0.3, 0.4) is 0 Å². The number of carbonyl (C=O) groups is 1. The van der Waals surface area contributed by atoms with Crippen LogP contribution < -0.4 is 0 Å². The third kappa shape index (κ3) is 4.53. The summed E-state index contributed by atoms with van der Waals surface area (Å²) >= 11 is 0. The summed E-state index contributed by atoms with van der Waals surface area (Å²) in [7, 11) is -3.79. The molecule has 9 heteroatoms. The van der Waals surface area contributed by atoms with Gasteiger partial charge in [-0.25, -0.2) is 4.98 Å². The van der Waals surface area contributed by atoms with Crippen LogP contribution in [-0.2, 0) is 10.0 Å². The van der Waals surface area contributed by atoms with E-state index in [1.165, 1.54) is 36.2 Å². The lowest BCUT2D eigenvalue weighted by molar-refractivity contribution is 0.0664. The molecule has 1 saturated carbocycles. The van der Waals surface area contributed by atoms with E-state index in [9.17, 15) is 13.2 Å². The molecule has 0 N–H and O–H groups in total. The van der Waals surface area contributed by atoms with Gasteiger partial charge in [0.05, 0.1) is 4.90 Å². The monoisotopic (exact) mass is 483 g/mol. The third-order valence-corrected chi connectivity index (χ3v) is 8.62. The van der Waals surface area contributed by atoms with Gasteiger partial charge in [-0.1, -0.05) is 32.4 Å². The highest BCUT2D eigenvalue weighted by atomic mass is 32.2. The Morgan fingerprint density at radius 1 is 1.03 bits per heavy atom. The number of rotatable bonds is 4. The molecule has 3 atom stereocenters. The van der Waals surface area contributed by atoms with Crippen molar-refractivity contribution in [2.75, 3.05) is 26.2 Å². The molecule has 0 spiro atoms. The van der Waals surface area contributed by atoms with Crippen LogP contribution in [0.25, 0.3) is 0 Å². The molecule has 5 rings (SSSR count). The molecule has 1 aliphatic heterocycles. The zero-order chi connectivity index (χ0) is 24.5. The molecule has 1 aromatic carbocycles. The van der Waals surface area contributed by atoms with Crippen LogP contribution >= 0.6 is 0 Å². The summed E-state index contributed by atoms with van der Waals surface area (Å²) in [4.78, 5) is 21.0. The van der Waals surface area contributed by atoms with Crippen molar-refractivity contribution in [3.63, 3.8) is 0 Å². The maximum atomic E-state index is 13.0. The molecule has 2 aromatic rings. The number of piperazine rings is 1. The first-order valence-corrected chi connectivity index (χ1v) is 13.4. The van der Waals surface area contributed by atoms with Crippen LogP contribution in [0.5, 0.6) is 0 Å². The van der Waals surface area contributed by atoms with Crippen molar-refractivity contribution < 1.29 is 13.2 Å². The van der Waals surface area contributed by atoms with Crippen LogP contribution in [0, 0.1) is 17.8 Å². The molecule has 3 aliphatic rings. The topological polar surface area (TPSA) is 88.4 Å². The Hall–Kier alpha value is -2.94. The molecule has 0 radical (unpaired) electrons. The molecule has 2 heterocycles. The zero-order valence-corrected chi connectivity index (χ0v) is 21.1. The summed E-state index contributed by atoms with van der Waals surface area (Å²) in [6.07, 6.45) is 8.12. The van der Waals surface area contributed by atoms with E-state index in [1.54, 1.807) is 12.1 Å². The Balaban J connectivity index is 0.00000133. The predicted octanol–water partition coefficient (Wildman–Crippen LogP) is 3.42. The molecule has 182 valence electrons. The quantitative estimate of drug-likeness (QED) is 0.662. The zero-order valence-electron chi connectivity index (χ0n) is 20.3. The van der Waals surface area contributed by atoms with Gasteiger partial charge < -0.3 is 9.80 Å². The van der Waals surface area contributed by atoms with Gasteiger partial charge in [-0.05, 0) is 55.5 Å². The van der Waals surface area contributed by atoms with Crippen LogP contribution in [-0.4, -0.2) is 64.5 Å². The van der Waals surface area contributed by atoms with Gasteiger partial charge in [-0.3, -0.25) is 4.79 Å². The SMILES string of the molecule is CC.CC1=CC=C(N2CCN(C(=O)c3ccc(S(=O)(=O)n4cncn4)cc3)CC2)C2CC2C1C. The number of benzene rings is 1. The van der Waals surface area contributed by atoms with E-state index in [1.807, 2.05) is 18.7 Å². The average Bonchev–Trinajstić information content (AvgIpc) is 3.47. The van der Waals surface area contributed by atoms with Gasteiger partial charge in [0.1, 0.15) is 12.7 Å². The highest BCUT2D eigenvalue weighted by molar-refractivity contribution is 7.89. The van der Waals surface area contributed by atoms with Gasteiger partial charge in [0.25, 0.3) is 15.9 Å². The maximum Gasteiger partial charge on any atom is 0.284 e. The number of hydrogen-bond donors (Lipinski definition) is 0. The minimum absolute atomic E-state index is 0.0706. The molecule has 0 bridgehead atoms. The van der Waals surface area contributed by atoms with Gasteiger partial charge in [0.15, 0.2) is 0 Å². The molecule has 3 unspecified atom stereocenters. The fourth-order valence-corrected chi connectivity index (χ4v) is 5.87. The Morgan fingerprint density at radius 2 is 1.71 bits per heavy atom. The summed E-state index contributed by atoms with van der Waals surface area (Å²) in [6, 6.07) is 6.02. The van der Waals surface area contributed by atoms with Crippen LogP contribution in [0.2, 0.25) is 0 Å². The molecule has 2 aliphatic carbocycles. The van der Waals surface area contributed by atoms with Gasteiger partial charge in [0, 0.05) is 43.4 Å². The van der Waals surface area contributed by atoms with Gasteiger partial charge in [0.2, 0.25) is 0 Å². The second-order valence-corrected chi connectivity index (χ2v) is 10.7. The van der Waals surface area contributed by atoms with E-state index in [4.69, 9.17) is 0 Å². The van der Waals surface area contributed by atoms with Crippen LogP contribution in [0.1, 0.15) is 44.5 Å². The van der Waals surface area contributed by atoms with Crippen molar-refractivity contribution in [1.82, 2.24) is 24.0 Å². The number of hydrogen-bond acceptors (Lipinski definition) is 6. The Bertz CT molecular complexity index is 1180. The normalized spacial score (nSPS) is 24.2. The van der Waals surface area contributed by atoms with Crippen molar-refractivity contribution >= 4 is 15.9 Å². The summed E-state index contributed by atoms with van der Waals surface area (Å²) < 4.78 is 25.8. The van der Waals surface area contributed by atoms with Crippen molar-refractivity contribution in [3.05, 3.63) is 65.9 Å². The summed E-state index contributed by atoms with van der Waals surface area (Å²) in [5.41, 5.74) is 3.36. The Kier molecular flexibility index (Phi) is 6.93. The second kappa shape index (κ2) is 9.74. The summed E-state index contributed by atoms with van der Waals surface area (Å²) in [5, 5.41) is 3.69. The minimum Gasteiger partial charge on any atom is -0.371 e. The summed E-state index contributed by atoms with van der Waals surface area (Å²) in [6.45, 7) is 11.5. The highest BCUT2D eigenvalue weighted by Gasteiger charge is 2.46. The van der Waals surface area contributed by atoms with E-state index < -0.39 is 10.0 Å². The standard InChI is InChI=1S/C23H27N5O3S.C2H6/c1-16-3-8-22(21-13-20(21)17(16)2)26-9-11-27(12-10-26)23(29)18-4-6-19(7-5-18)32(30,31)28-15-24-14-25-28;1-2/h3-8,14-15,17,20-21H,9-13H2,1-2H3;1-2H3. The minimum atomic E-state index is -3.79. The first-order chi connectivity index (χ1) is 16.4. The highest BCUT2D eigenvalue weighted by Crippen LogP contribution is 2.53. The fraction of sp³-hybridized carbons (Fsp3) is 0.480. The maximum absolute atomic E-state index is 13.0. The van der Waals surface area contributed by atoms with E-state index in [2.05, 4.69) is 41.0 Å². The summed E-state index contributed by atoms with van der Waals surface area (Å²) in [5.74, 6) is 1.98. The number of fused-ring (bicyclic) bond motifs is 1.